The molecule has 0 spiro atoms. The Morgan fingerprint density at radius 1 is 1.12 bits per heavy atom. The van der Waals surface area contributed by atoms with E-state index < -0.39 is 24.5 Å². The van der Waals surface area contributed by atoms with Crippen molar-refractivity contribution in [2.45, 2.75) is 25.4 Å². The number of nitrogens with zero attached hydrogens (tertiary/aromatic N) is 3. The van der Waals surface area contributed by atoms with E-state index in [9.17, 15) is 14.4 Å². The standard InChI is InChI=1S/C25H26N4O4/c1-28-15-13-26-24(28)23(19-6-3-2-4-7-19)27-21(30)17-33-25(32)20-11-9-18(10-12-20)16-29-14-5-8-22(29)31/h2-4,6-7,9-13,15,23H,5,8,14,16-17H2,1H3,(H,27,30)/t23-/m1/s1. The Balaban J connectivity index is 1.34. The van der Waals surface area contributed by atoms with Crippen molar-refractivity contribution in [2.24, 2.45) is 7.05 Å². The molecule has 4 rings (SSSR count). The van der Waals surface area contributed by atoms with Crippen LogP contribution < -0.4 is 5.32 Å². The van der Waals surface area contributed by atoms with Gasteiger partial charge in [0.15, 0.2) is 6.61 Å². The molecular formula is C25H26N4O4. The second-order valence-corrected chi connectivity index (χ2v) is 8.00. The molecule has 0 radical (unpaired) electrons. The number of hydrogen-bond donors (Lipinski definition) is 1. The van der Waals surface area contributed by atoms with Gasteiger partial charge in [0, 0.05) is 39.0 Å². The van der Waals surface area contributed by atoms with Gasteiger partial charge in [-0.05, 0) is 29.7 Å². The monoisotopic (exact) mass is 446 g/mol. The lowest BCUT2D eigenvalue weighted by Crippen LogP contribution is -2.34. The van der Waals surface area contributed by atoms with Crippen molar-refractivity contribution < 1.29 is 19.1 Å². The summed E-state index contributed by atoms with van der Waals surface area (Å²) in [6, 6.07) is 15.9. The highest BCUT2D eigenvalue weighted by Gasteiger charge is 2.22. The smallest absolute Gasteiger partial charge is 0.338 e. The topological polar surface area (TPSA) is 93.5 Å². The predicted octanol–water partition coefficient (Wildman–Crippen LogP) is 2.61. The first-order chi connectivity index (χ1) is 16.0. The average molecular weight is 447 g/mol. The molecule has 0 bridgehead atoms. The lowest BCUT2D eigenvalue weighted by molar-refractivity contribution is -0.128. The lowest BCUT2D eigenvalue weighted by Gasteiger charge is -2.19. The summed E-state index contributed by atoms with van der Waals surface area (Å²) in [6.07, 6.45) is 4.95. The summed E-state index contributed by atoms with van der Waals surface area (Å²) in [6.45, 7) is 0.890. The molecule has 0 saturated carbocycles. The number of likely N-dealkylation sites (tertiary alicyclic amines) is 1. The minimum absolute atomic E-state index is 0.156. The van der Waals surface area contributed by atoms with E-state index in [1.165, 1.54) is 0 Å². The number of rotatable bonds is 8. The van der Waals surface area contributed by atoms with Crippen LogP contribution in [0, 0.1) is 0 Å². The van der Waals surface area contributed by atoms with Crippen LogP contribution in [-0.2, 0) is 27.9 Å². The molecule has 1 atom stereocenters. The van der Waals surface area contributed by atoms with Crippen LogP contribution in [0.5, 0.6) is 0 Å². The number of esters is 1. The van der Waals surface area contributed by atoms with Crippen LogP contribution in [0.4, 0.5) is 0 Å². The van der Waals surface area contributed by atoms with Crippen LogP contribution in [0.15, 0.2) is 67.0 Å². The maximum absolute atomic E-state index is 12.6. The molecule has 8 heteroatoms. The molecule has 3 aromatic rings. The summed E-state index contributed by atoms with van der Waals surface area (Å²) >= 11 is 0. The zero-order valence-electron chi connectivity index (χ0n) is 18.4. The van der Waals surface area contributed by atoms with Crippen LogP contribution in [0.25, 0.3) is 0 Å². The molecule has 1 aliphatic heterocycles. The van der Waals surface area contributed by atoms with Crippen molar-refractivity contribution in [3.05, 3.63) is 89.5 Å². The first-order valence-corrected chi connectivity index (χ1v) is 10.9. The molecule has 2 aromatic carbocycles. The fourth-order valence-electron chi connectivity index (χ4n) is 3.85. The Morgan fingerprint density at radius 2 is 1.88 bits per heavy atom. The number of aromatic nitrogens is 2. The number of amides is 2. The van der Waals surface area contributed by atoms with Gasteiger partial charge in [-0.3, -0.25) is 9.59 Å². The number of nitrogens with one attached hydrogen (secondary N) is 1. The summed E-state index contributed by atoms with van der Waals surface area (Å²) in [5.74, 6) is -0.177. The Hall–Kier alpha value is -3.94. The Labute approximate surface area is 192 Å². The molecular weight excluding hydrogens is 420 g/mol. The third-order valence-corrected chi connectivity index (χ3v) is 5.62. The first-order valence-electron chi connectivity index (χ1n) is 10.9. The zero-order valence-corrected chi connectivity index (χ0v) is 18.4. The van der Waals surface area contributed by atoms with Crippen molar-refractivity contribution >= 4 is 17.8 Å². The maximum Gasteiger partial charge on any atom is 0.338 e. The largest absolute Gasteiger partial charge is 0.452 e. The van der Waals surface area contributed by atoms with Gasteiger partial charge in [0.1, 0.15) is 11.9 Å². The number of imidazole rings is 1. The van der Waals surface area contributed by atoms with Gasteiger partial charge in [0.05, 0.1) is 5.56 Å². The lowest BCUT2D eigenvalue weighted by atomic mass is 10.1. The molecule has 170 valence electrons. The Bertz CT molecular complexity index is 1120. The van der Waals surface area contributed by atoms with E-state index in [0.717, 1.165) is 24.1 Å². The number of carbonyl (C=O) groups is 3. The number of benzene rings is 2. The molecule has 1 saturated heterocycles. The van der Waals surface area contributed by atoms with E-state index in [1.54, 1.807) is 36.7 Å². The number of ether oxygens (including phenoxy) is 1. The fourth-order valence-corrected chi connectivity index (χ4v) is 3.85. The van der Waals surface area contributed by atoms with Crippen LogP contribution in [0.3, 0.4) is 0 Å². The van der Waals surface area contributed by atoms with Crippen LogP contribution in [0.1, 0.15) is 46.2 Å². The fraction of sp³-hybridized carbons (Fsp3) is 0.280. The predicted molar refractivity (Wildman–Crippen MR) is 121 cm³/mol. The second kappa shape index (κ2) is 10.1. The van der Waals surface area contributed by atoms with Crippen molar-refractivity contribution in [2.75, 3.05) is 13.2 Å². The zero-order chi connectivity index (χ0) is 23.2. The van der Waals surface area contributed by atoms with Gasteiger partial charge in [-0.2, -0.15) is 0 Å². The normalized spacial score (nSPS) is 14.2. The Kier molecular flexibility index (Phi) is 6.83. The number of aryl methyl sites for hydroxylation is 1. The molecule has 33 heavy (non-hydrogen) atoms. The van der Waals surface area contributed by atoms with Crippen LogP contribution in [-0.4, -0.2) is 45.4 Å². The van der Waals surface area contributed by atoms with Gasteiger partial charge in [0.2, 0.25) is 5.91 Å². The number of hydrogen-bond acceptors (Lipinski definition) is 5. The van der Waals surface area contributed by atoms with Crippen LogP contribution >= 0.6 is 0 Å². The third kappa shape index (κ3) is 5.46. The quantitative estimate of drug-likeness (QED) is 0.537. The highest BCUT2D eigenvalue weighted by atomic mass is 16.5. The van der Waals surface area contributed by atoms with E-state index in [2.05, 4.69) is 10.3 Å². The van der Waals surface area contributed by atoms with Crippen molar-refractivity contribution in [1.82, 2.24) is 19.8 Å². The van der Waals surface area contributed by atoms with E-state index in [4.69, 9.17) is 4.74 Å². The van der Waals surface area contributed by atoms with Gasteiger partial charge in [-0.25, -0.2) is 9.78 Å². The molecule has 1 N–H and O–H groups in total. The van der Waals surface area contributed by atoms with Crippen LogP contribution in [0.2, 0.25) is 0 Å². The maximum atomic E-state index is 12.6. The van der Waals surface area contributed by atoms with E-state index >= 15 is 0 Å². The SMILES string of the molecule is Cn1ccnc1[C@H](NC(=O)COC(=O)c1ccc(CN2CCCC2=O)cc1)c1ccccc1. The molecule has 0 aliphatic carbocycles. The van der Waals surface area contributed by atoms with Crippen molar-refractivity contribution in [1.29, 1.82) is 0 Å². The van der Waals surface area contributed by atoms with E-state index in [0.29, 0.717) is 24.4 Å². The molecule has 1 aromatic heterocycles. The summed E-state index contributed by atoms with van der Waals surface area (Å²) in [7, 11) is 1.85. The summed E-state index contributed by atoms with van der Waals surface area (Å²) < 4.78 is 7.06. The highest BCUT2D eigenvalue weighted by Crippen LogP contribution is 2.20. The molecule has 2 heterocycles. The van der Waals surface area contributed by atoms with Gasteiger partial charge >= 0.3 is 5.97 Å². The third-order valence-electron chi connectivity index (χ3n) is 5.62. The summed E-state index contributed by atoms with van der Waals surface area (Å²) in [5.41, 5.74) is 2.17. The average Bonchev–Trinajstić information content (AvgIpc) is 3.44. The van der Waals surface area contributed by atoms with Gasteiger partial charge in [0.25, 0.3) is 5.91 Å². The van der Waals surface area contributed by atoms with E-state index in [1.807, 2.05) is 46.8 Å². The van der Waals surface area contributed by atoms with Gasteiger partial charge in [-0.15, -0.1) is 0 Å². The minimum Gasteiger partial charge on any atom is -0.452 e. The van der Waals surface area contributed by atoms with Crippen molar-refractivity contribution in [3.8, 4) is 0 Å². The minimum atomic E-state index is -0.581. The molecule has 2 amide bonds. The van der Waals surface area contributed by atoms with E-state index in [-0.39, 0.29) is 5.91 Å². The van der Waals surface area contributed by atoms with Gasteiger partial charge < -0.3 is 19.5 Å². The molecule has 1 fully saturated rings. The summed E-state index contributed by atoms with van der Waals surface area (Å²) in [5, 5.41) is 2.90. The molecule has 8 nitrogen and oxygen atoms in total. The highest BCUT2D eigenvalue weighted by molar-refractivity contribution is 5.91. The molecule has 0 unspecified atom stereocenters. The second-order valence-electron chi connectivity index (χ2n) is 8.00. The number of carbonyl (C=O) groups excluding carboxylic acids is 3. The molecule has 1 aliphatic rings. The summed E-state index contributed by atoms with van der Waals surface area (Å²) in [4.78, 5) is 42.9. The first kappa shape index (κ1) is 22.3. The van der Waals surface area contributed by atoms with Gasteiger partial charge in [-0.1, -0.05) is 42.5 Å². The Morgan fingerprint density at radius 3 is 2.52 bits per heavy atom. The van der Waals surface area contributed by atoms with Crippen molar-refractivity contribution in [3.63, 3.8) is 0 Å².